The molecule has 4 nitrogen and oxygen atoms in total. The summed E-state index contributed by atoms with van der Waals surface area (Å²) in [5.41, 5.74) is 0. The molecule has 0 bridgehead atoms. The fourth-order valence-electron chi connectivity index (χ4n) is 2.01. The summed E-state index contributed by atoms with van der Waals surface area (Å²) in [6.07, 6.45) is 1.32. The number of fused-ring (bicyclic) bond motifs is 1. The maximum absolute atomic E-state index is 6.19. The zero-order chi connectivity index (χ0) is 14.8. The van der Waals surface area contributed by atoms with E-state index in [1.165, 1.54) is 13.4 Å². The van der Waals surface area contributed by atoms with Crippen LogP contribution in [0.4, 0.5) is 0 Å². The Morgan fingerprint density at radius 2 is 1.71 bits per heavy atom. The van der Waals surface area contributed by atoms with Gasteiger partial charge in [-0.15, -0.1) is 0 Å². The Balaban J connectivity index is 2.11. The Kier molecular flexibility index (Phi) is 3.82. The van der Waals surface area contributed by atoms with Crippen molar-refractivity contribution < 1.29 is 9.47 Å². The molecule has 3 rings (SSSR count). The predicted molar refractivity (Wildman–Crippen MR) is 82.6 cm³/mol. The van der Waals surface area contributed by atoms with E-state index in [-0.39, 0.29) is 16.8 Å². The number of methoxy groups -OCH3 is 1. The van der Waals surface area contributed by atoms with Crippen LogP contribution < -0.4 is 9.47 Å². The lowest BCUT2D eigenvalue weighted by molar-refractivity contribution is 0.369. The van der Waals surface area contributed by atoms with E-state index < -0.39 is 0 Å². The summed E-state index contributed by atoms with van der Waals surface area (Å²) < 4.78 is 11.0. The number of benzene rings is 2. The van der Waals surface area contributed by atoms with Gasteiger partial charge in [0.15, 0.2) is 5.15 Å². The average Bonchev–Trinajstić information content (AvgIpc) is 2.51. The number of hydrogen-bond acceptors (Lipinski definition) is 4. The molecule has 0 spiro atoms. The first-order valence-corrected chi connectivity index (χ1v) is 6.86. The van der Waals surface area contributed by atoms with Gasteiger partial charge < -0.3 is 9.47 Å². The van der Waals surface area contributed by atoms with Crippen LogP contribution in [0.1, 0.15) is 0 Å². The van der Waals surface area contributed by atoms with Crippen LogP contribution in [-0.4, -0.2) is 17.1 Å². The molecule has 21 heavy (non-hydrogen) atoms. The number of aromatic nitrogens is 2. The molecule has 0 saturated carbocycles. The van der Waals surface area contributed by atoms with Crippen molar-refractivity contribution in [3.63, 3.8) is 0 Å². The summed E-state index contributed by atoms with van der Waals surface area (Å²) in [4.78, 5) is 7.92. The second-order valence-corrected chi connectivity index (χ2v) is 4.96. The van der Waals surface area contributed by atoms with Crippen molar-refractivity contribution in [1.82, 2.24) is 9.97 Å². The van der Waals surface area contributed by atoms with E-state index in [9.17, 15) is 0 Å². The lowest BCUT2D eigenvalue weighted by atomic mass is 10.1. The average molecular weight is 321 g/mol. The summed E-state index contributed by atoms with van der Waals surface area (Å²) in [5.74, 6) is 1.16. The van der Waals surface area contributed by atoms with E-state index in [0.29, 0.717) is 10.8 Å². The Morgan fingerprint density at radius 3 is 2.48 bits per heavy atom. The molecule has 1 aromatic heterocycles. The maximum Gasteiger partial charge on any atom is 0.267 e. The van der Waals surface area contributed by atoms with Crippen LogP contribution in [0.5, 0.6) is 17.4 Å². The second-order valence-electron chi connectivity index (χ2n) is 4.20. The minimum atomic E-state index is 0.195. The third-order valence-corrected chi connectivity index (χ3v) is 3.57. The van der Waals surface area contributed by atoms with Crippen LogP contribution in [-0.2, 0) is 0 Å². The molecule has 0 atom stereocenters. The number of halogens is 2. The zero-order valence-corrected chi connectivity index (χ0v) is 12.5. The van der Waals surface area contributed by atoms with Crippen molar-refractivity contribution in [2.24, 2.45) is 0 Å². The van der Waals surface area contributed by atoms with Gasteiger partial charge in [-0.2, -0.15) is 4.98 Å². The summed E-state index contributed by atoms with van der Waals surface area (Å²) in [6, 6.07) is 11.2. The van der Waals surface area contributed by atoms with Gasteiger partial charge in [0.25, 0.3) is 5.88 Å². The van der Waals surface area contributed by atoms with Crippen LogP contribution in [0.25, 0.3) is 10.8 Å². The van der Waals surface area contributed by atoms with Gasteiger partial charge in [0.05, 0.1) is 7.11 Å². The van der Waals surface area contributed by atoms with Gasteiger partial charge in [-0.25, -0.2) is 4.98 Å². The molecule has 0 fully saturated rings. The lowest BCUT2D eigenvalue weighted by Crippen LogP contribution is -1.96. The van der Waals surface area contributed by atoms with Crippen molar-refractivity contribution >= 4 is 34.0 Å². The van der Waals surface area contributed by atoms with Gasteiger partial charge in [-0.1, -0.05) is 47.5 Å². The van der Waals surface area contributed by atoms with E-state index in [0.717, 1.165) is 10.8 Å². The van der Waals surface area contributed by atoms with Crippen molar-refractivity contribution in [3.05, 3.63) is 52.9 Å². The molecule has 0 aliphatic carbocycles. The van der Waals surface area contributed by atoms with Gasteiger partial charge in [0, 0.05) is 15.8 Å². The van der Waals surface area contributed by atoms with Crippen LogP contribution in [0.15, 0.2) is 42.7 Å². The number of hydrogen-bond donors (Lipinski definition) is 0. The summed E-state index contributed by atoms with van der Waals surface area (Å²) >= 11 is 12.2. The van der Waals surface area contributed by atoms with Crippen molar-refractivity contribution in [2.75, 3.05) is 7.11 Å². The molecule has 2 aromatic carbocycles. The Hall–Kier alpha value is -2.04. The summed E-state index contributed by atoms with van der Waals surface area (Å²) in [7, 11) is 1.48. The SMILES string of the molecule is COc1c(Cl)ncnc1Oc1ccc(Cl)c2ccccc12. The number of rotatable bonds is 3. The zero-order valence-electron chi connectivity index (χ0n) is 11.0. The van der Waals surface area contributed by atoms with E-state index in [4.69, 9.17) is 32.7 Å². The maximum atomic E-state index is 6.19. The Labute approximate surface area is 131 Å². The van der Waals surface area contributed by atoms with Crippen molar-refractivity contribution in [2.45, 2.75) is 0 Å². The first-order chi connectivity index (χ1) is 10.2. The Morgan fingerprint density at radius 1 is 0.952 bits per heavy atom. The smallest absolute Gasteiger partial charge is 0.267 e. The molecule has 0 aliphatic heterocycles. The monoisotopic (exact) mass is 320 g/mol. The topological polar surface area (TPSA) is 44.2 Å². The molecule has 1 heterocycles. The second kappa shape index (κ2) is 5.76. The van der Waals surface area contributed by atoms with Crippen LogP contribution in [0.2, 0.25) is 10.2 Å². The van der Waals surface area contributed by atoms with Gasteiger partial charge in [-0.05, 0) is 12.1 Å². The molecule has 0 aliphatic rings. The van der Waals surface area contributed by atoms with E-state index in [2.05, 4.69) is 9.97 Å². The molecule has 0 amide bonds. The minimum absolute atomic E-state index is 0.195. The van der Waals surface area contributed by atoms with E-state index >= 15 is 0 Å². The highest BCUT2D eigenvalue weighted by molar-refractivity contribution is 6.35. The highest BCUT2D eigenvalue weighted by Gasteiger charge is 2.14. The van der Waals surface area contributed by atoms with Gasteiger partial charge in [0.2, 0.25) is 5.75 Å². The number of nitrogens with zero attached hydrogens (tertiary/aromatic N) is 2. The highest BCUT2D eigenvalue weighted by atomic mass is 35.5. The Bertz CT molecular complexity index is 809. The van der Waals surface area contributed by atoms with E-state index in [1.54, 1.807) is 12.1 Å². The third-order valence-electron chi connectivity index (χ3n) is 2.97. The quantitative estimate of drug-likeness (QED) is 0.654. The molecule has 106 valence electrons. The molecular weight excluding hydrogens is 311 g/mol. The molecule has 0 radical (unpaired) electrons. The standard InChI is InChI=1S/C15H10Cl2N2O2/c1-20-13-14(17)18-8-19-15(13)21-12-7-6-11(16)9-4-2-3-5-10(9)12/h2-8H,1H3. The minimum Gasteiger partial charge on any atom is -0.489 e. The fourth-order valence-corrected chi connectivity index (χ4v) is 2.44. The highest BCUT2D eigenvalue weighted by Crippen LogP contribution is 2.38. The van der Waals surface area contributed by atoms with E-state index in [1.807, 2.05) is 24.3 Å². The van der Waals surface area contributed by atoms with Gasteiger partial charge in [0.1, 0.15) is 12.1 Å². The predicted octanol–water partition coefficient (Wildman–Crippen LogP) is 4.74. The van der Waals surface area contributed by atoms with Crippen LogP contribution in [0, 0.1) is 0 Å². The molecule has 0 unspecified atom stereocenters. The lowest BCUT2D eigenvalue weighted by Gasteiger charge is -2.12. The summed E-state index contributed by atoms with van der Waals surface area (Å²) in [5, 5.41) is 2.63. The van der Waals surface area contributed by atoms with Gasteiger partial charge >= 0.3 is 0 Å². The van der Waals surface area contributed by atoms with Crippen LogP contribution in [0.3, 0.4) is 0 Å². The normalized spacial score (nSPS) is 10.6. The van der Waals surface area contributed by atoms with Crippen LogP contribution >= 0.6 is 23.2 Å². The fraction of sp³-hybridized carbons (Fsp3) is 0.0667. The van der Waals surface area contributed by atoms with Gasteiger partial charge in [-0.3, -0.25) is 0 Å². The first-order valence-electron chi connectivity index (χ1n) is 6.10. The molecule has 6 heteroatoms. The molecule has 0 saturated heterocycles. The molecule has 3 aromatic rings. The van der Waals surface area contributed by atoms with Crippen molar-refractivity contribution in [1.29, 1.82) is 0 Å². The molecule has 0 N–H and O–H groups in total. The molecular formula is C15H10Cl2N2O2. The van der Waals surface area contributed by atoms with Crippen molar-refractivity contribution in [3.8, 4) is 17.4 Å². The third kappa shape index (κ3) is 2.60. The first kappa shape index (κ1) is 13.9. The number of ether oxygens (including phenoxy) is 2. The summed E-state index contributed by atoms with van der Waals surface area (Å²) in [6.45, 7) is 0. The largest absolute Gasteiger partial charge is 0.489 e.